The molecule has 3 aromatic carbocycles. The summed E-state index contributed by atoms with van der Waals surface area (Å²) in [4.78, 5) is 4.71. The monoisotopic (exact) mass is 319 g/mol. The van der Waals surface area contributed by atoms with Gasteiger partial charge in [0.1, 0.15) is 16.5 Å². The van der Waals surface area contributed by atoms with Crippen LogP contribution in [0, 0.1) is 0 Å². The van der Waals surface area contributed by atoms with Gasteiger partial charge in [-0.1, -0.05) is 42.5 Å². The minimum Gasteiger partial charge on any atom is -0.507 e. The molecule has 112 valence electrons. The molecule has 1 heterocycles. The van der Waals surface area contributed by atoms with E-state index in [-0.39, 0.29) is 11.5 Å². The summed E-state index contributed by atoms with van der Waals surface area (Å²) in [7, 11) is 0. The molecule has 4 rings (SSSR count). The second-order valence-electron chi connectivity index (χ2n) is 5.21. The van der Waals surface area contributed by atoms with Crippen LogP contribution in [0.25, 0.3) is 31.9 Å². The van der Waals surface area contributed by atoms with Crippen molar-refractivity contribution >= 4 is 21.6 Å². The molecule has 0 spiro atoms. The summed E-state index contributed by atoms with van der Waals surface area (Å²) in [6.45, 7) is 0. The zero-order chi connectivity index (χ0) is 15.8. The van der Waals surface area contributed by atoms with Crippen molar-refractivity contribution in [2.45, 2.75) is 0 Å². The molecule has 0 fully saturated rings. The van der Waals surface area contributed by atoms with Crippen LogP contribution in [-0.2, 0) is 0 Å². The minimum absolute atomic E-state index is 0.218. The number of aromatic hydroxyl groups is 2. The average molecular weight is 319 g/mol. The molecule has 3 nitrogen and oxygen atoms in total. The fourth-order valence-electron chi connectivity index (χ4n) is 2.64. The first-order chi connectivity index (χ1) is 11.2. The molecule has 4 aromatic rings. The normalized spacial score (nSPS) is 11.0. The molecule has 0 aliphatic carbocycles. The van der Waals surface area contributed by atoms with Crippen molar-refractivity contribution in [3.63, 3.8) is 0 Å². The Morgan fingerprint density at radius 1 is 0.652 bits per heavy atom. The van der Waals surface area contributed by atoms with Crippen LogP contribution in [0.2, 0.25) is 0 Å². The van der Waals surface area contributed by atoms with Gasteiger partial charge in [-0.25, -0.2) is 4.98 Å². The van der Waals surface area contributed by atoms with Crippen LogP contribution in [-0.4, -0.2) is 15.2 Å². The second kappa shape index (κ2) is 5.41. The number of phenolic OH excluding ortho intramolecular Hbond substituents is 2. The maximum atomic E-state index is 10.1. The highest BCUT2D eigenvalue weighted by molar-refractivity contribution is 7.21. The highest BCUT2D eigenvalue weighted by Crippen LogP contribution is 2.40. The Hall–Kier alpha value is -2.85. The topological polar surface area (TPSA) is 53.4 Å². The summed E-state index contributed by atoms with van der Waals surface area (Å²) in [6, 6.07) is 20.3. The fourth-order valence-corrected chi connectivity index (χ4v) is 3.66. The number of hydrogen-bond donors (Lipinski definition) is 2. The van der Waals surface area contributed by atoms with Gasteiger partial charge in [0.15, 0.2) is 0 Å². The fraction of sp³-hybridized carbons (Fsp3) is 0. The third-order valence-electron chi connectivity index (χ3n) is 3.75. The molecule has 23 heavy (non-hydrogen) atoms. The van der Waals surface area contributed by atoms with Gasteiger partial charge in [-0.15, -0.1) is 11.3 Å². The Morgan fingerprint density at radius 2 is 1.26 bits per heavy atom. The number of fused-ring (bicyclic) bond motifs is 1. The van der Waals surface area contributed by atoms with Crippen molar-refractivity contribution in [1.82, 2.24) is 4.98 Å². The van der Waals surface area contributed by atoms with Gasteiger partial charge in [-0.05, 0) is 24.3 Å². The van der Waals surface area contributed by atoms with Crippen molar-refractivity contribution in [1.29, 1.82) is 0 Å². The highest BCUT2D eigenvalue weighted by atomic mass is 32.1. The average Bonchev–Trinajstić information content (AvgIpc) is 3.00. The molecule has 0 aliphatic heterocycles. The van der Waals surface area contributed by atoms with Crippen LogP contribution in [0.1, 0.15) is 0 Å². The molecule has 0 saturated heterocycles. The molecule has 0 saturated carbocycles. The van der Waals surface area contributed by atoms with Crippen LogP contribution in [0.4, 0.5) is 0 Å². The molecule has 4 heteroatoms. The van der Waals surface area contributed by atoms with Crippen molar-refractivity contribution in [2.24, 2.45) is 0 Å². The lowest BCUT2D eigenvalue weighted by Crippen LogP contribution is -1.82. The van der Waals surface area contributed by atoms with Gasteiger partial charge in [-0.2, -0.15) is 0 Å². The van der Waals surface area contributed by atoms with E-state index in [1.54, 1.807) is 24.3 Å². The first-order valence-electron chi connectivity index (χ1n) is 7.20. The number of rotatable bonds is 2. The summed E-state index contributed by atoms with van der Waals surface area (Å²) >= 11 is 1.53. The van der Waals surface area contributed by atoms with E-state index in [9.17, 15) is 10.2 Å². The van der Waals surface area contributed by atoms with Crippen LogP contribution in [0.3, 0.4) is 0 Å². The Labute approximate surface area is 137 Å². The van der Waals surface area contributed by atoms with E-state index in [0.29, 0.717) is 0 Å². The zero-order valence-corrected chi connectivity index (χ0v) is 12.9. The van der Waals surface area contributed by atoms with Crippen LogP contribution in [0.15, 0.2) is 66.7 Å². The van der Waals surface area contributed by atoms with Crippen molar-refractivity contribution in [3.8, 4) is 33.2 Å². The largest absolute Gasteiger partial charge is 0.507 e. The number of thiazole rings is 1. The number of aromatic nitrogens is 1. The maximum absolute atomic E-state index is 10.1. The van der Waals surface area contributed by atoms with Crippen molar-refractivity contribution in [3.05, 3.63) is 66.7 Å². The van der Waals surface area contributed by atoms with Gasteiger partial charge in [0.05, 0.1) is 15.8 Å². The van der Waals surface area contributed by atoms with Gasteiger partial charge in [0, 0.05) is 11.1 Å². The lowest BCUT2D eigenvalue weighted by molar-refractivity contribution is 0.476. The molecule has 2 N–H and O–H groups in total. The first-order valence-corrected chi connectivity index (χ1v) is 8.02. The minimum atomic E-state index is 0.218. The van der Waals surface area contributed by atoms with Crippen LogP contribution >= 0.6 is 11.3 Å². The Bertz CT molecular complexity index is 1010. The molecule has 0 bridgehead atoms. The number of phenols is 2. The molecular formula is C19H13NO2S. The van der Waals surface area contributed by atoms with E-state index in [0.717, 1.165) is 31.9 Å². The van der Waals surface area contributed by atoms with E-state index in [1.807, 2.05) is 42.5 Å². The van der Waals surface area contributed by atoms with Crippen LogP contribution < -0.4 is 0 Å². The highest BCUT2D eigenvalue weighted by Gasteiger charge is 2.14. The lowest BCUT2D eigenvalue weighted by atomic mass is 10.0. The van der Waals surface area contributed by atoms with E-state index >= 15 is 0 Å². The molecule has 0 amide bonds. The number of nitrogens with zero attached hydrogens (tertiary/aromatic N) is 1. The number of para-hydroxylation sites is 3. The van der Waals surface area contributed by atoms with Crippen molar-refractivity contribution in [2.75, 3.05) is 0 Å². The first kappa shape index (κ1) is 13.8. The molecule has 0 aliphatic rings. The Morgan fingerprint density at radius 3 is 1.96 bits per heavy atom. The SMILES string of the molecule is Oc1ccccc1-c1nc2c(-c3ccccc3O)cccc2s1. The summed E-state index contributed by atoms with van der Waals surface area (Å²) in [5.41, 5.74) is 3.19. The standard InChI is InChI=1S/C19H13NO2S/c21-15-9-3-1-6-12(15)13-8-5-11-17-18(13)20-19(23-17)14-7-2-4-10-16(14)22/h1-11,21-22H. The number of benzene rings is 3. The van der Waals surface area contributed by atoms with Gasteiger partial charge < -0.3 is 10.2 Å². The maximum Gasteiger partial charge on any atom is 0.128 e. The number of hydrogen-bond acceptors (Lipinski definition) is 4. The predicted molar refractivity (Wildman–Crippen MR) is 93.8 cm³/mol. The molecular weight excluding hydrogens is 306 g/mol. The molecule has 0 unspecified atom stereocenters. The van der Waals surface area contributed by atoms with Gasteiger partial charge >= 0.3 is 0 Å². The lowest BCUT2D eigenvalue weighted by Gasteiger charge is -2.04. The van der Waals surface area contributed by atoms with E-state index in [2.05, 4.69) is 0 Å². The third-order valence-corrected chi connectivity index (χ3v) is 4.80. The zero-order valence-electron chi connectivity index (χ0n) is 12.1. The summed E-state index contributed by atoms with van der Waals surface area (Å²) in [5.74, 6) is 0.452. The predicted octanol–water partition coefficient (Wildman–Crippen LogP) is 5.04. The Kier molecular flexibility index (Phi) is 3.24. The Balaban J connectivity index is 1.96. The summed E-state index contributed by atoms with van der Waals surface area (Å²) in [5, 5.41) is 20.9. The third kappa shape index (κ3) is 2.33. The second-order valence-corrected chi connectivity index (χ2v) is 6.24. The van der Waals surface area contributed by atoms with E-state index in [1.165, 1.54) is 11.3 Å². The van der Waals surface area contributed by atoms with Crippen LogP contribution in [0.5, 0.6) is 11.5 Å². The van der Waals surface area contributed by atoms with Gasteiger partial charge in [-0.3, -0.25) is 0 Å². The molecule has 1 aromatic heterocycles. The molecule has 0 radical (unpaired) electrons. The quantitative estimate of drug-likeness (QED) is 0.544. The summed E-state index contributed by atoms with van der Waals surface area (Å²) < 4.78 is 1.02. The van der Waals surface area contributed by atoms with Crippen molar-refractivity contribution < 1.29 is 10.2 Å². The summed E-state index contributed by atoms with van der Waals surface area (Å²) in [6.07, 6.45) is 0. The smallest absolute Gasteiger partial charge is 0.128 e. The van der Waals surface area contributed by atoms with Gasteiger partial charge in [0.25, 0.3) is 0 Å². The van der Waals surface area contributed by atoms with E-state index in [4.69, 9.17) is 4.98 Å². The van der Waals surface area contributed by atoms with Gasteiger partial charge in [0.2, 0.25) is 0 Å². The van der Waals surface area contributed by atoms with E-state index < -0.39 is 0 Å². The molecule has 0 atom stereocenters.